The van der Waals surface area contributed by atoms with Gasteiger partial charge < -0.3 is 13.6 Å². The second-order valence-corrected chi connectivity index (χ2v) is 35.0. The lowest BCUT2D eigenvalue weighted by atomic mass is 9.70. The number of thiophene rings is 1. The summed E-state index contributed by atoms with van der Waals surface area (Å²) in [7, 11) is 0. The first kappa shape index (κ1) is 69.4. The molecule has 2 spiro atoms. The molecular formula is C118H68N6OS. The lowest BCUT2D eigenvalue weighted by molar-refractivity contribution is 0.653. The number of benzene rings is 19. The van der Waals surface area contributed by atoms with Gasteiger partial charge in [-0.2, -0.15) is 0 Å². The Balaban J connectivity index is 0.000000128. The fraction of sp³-hybridized carbons (Fsp3) is 0.0169. The second-order valence-electron chi connectivity index (χ2n) is 33.9. The van der Waals surface area contributed by atoms with Crippen LogP contribution in [-0.2, 0) is 10.8 Å². The molecule has 0 radical (unpaired) electrons. The molecule has 0 saturated carbocycles. The van der Waals surface area contributed by atoms with Gasteiger partial charge in [0.25, 0.3) is 0 Å². The minimum absolute atomic E-state index is 0.466. The van der Waals surface area contributed by atoms with Crippen LogP contribution >= 0.6 is 11.3 Å². The topological polar surface area (TPSA) is 74.6 Å². The van der Waals surface area contributed by atoms with Gasteiger partial charge in [0.1, 0.15) is 27.1 Å². The van der Waals surface area contributed by atoms with Gasteiger partial charge in [0.2, 0.25) is 5.71 Å². The monoisotopic (exact) mass is 1620 g/mol. The summed E-state index contributed by atoms with van der Waals surface area (Å²) in [6.07, 6.45) is 0. The van der Waals surface area contributed by atoms with Crippen LogP contribution in [0.25, 0.3) is 219 Å². The maximum absolute atomic E-state index is 6.48. The molecule has 126 heavy (non-hydrogen) atoms. The Morgan fingerprint density at radius 1 is 0.238 bits per heavy atom. The van der Waals surface area contributed by atoms with Crippen LogP contribution in [0.5, 0.6) is 0 Å². The predicted octanol–water partition coefficient (Wildman–Crippen LogP) is 30.2. The molecule has 29 rings (SSSR count). The summed E-state index contributed by atoms with van der Waals surface area (Å²) in [5.74, 6) is 0. The van der Waals surface area contributed by atoms with Gasteiger partial charge in [0.05, 0.1) is 55.7 Å². The number of fused-ring (bicyclic) bond motifs is 35. The Bertz CT molecular complexity index is 9000. The largest absolute Gasteiger partial charge is 0.436 e. The zero-order chi connectivity index (χ0) is 82.2. The third-order valence-corrected chi connectivity index (χ3v) is 28.9. The molecule has 0 bridgehead atoms. The lowest BCUT2D eigenvalue weighted by Gasteiger charge is -2.30. The van der Waals surface area contributed by atoms with Gasteiger partial charge in [-0.1, -0.05) is 340 Å². The van der Waals surface area contributed by atoms with E-state index in [9.17, 15) is 0 Å². The normalized spacial score (nSPS) is 13.4. The van der Waals surface area contributed by atoms with Gasteiger partial charge in [-0.3, -0.25) is 0 Å². The summed E-state index contributed by atoms with van der Waals surface area (Å²) in [6.45, 7) is 0. The summed E-state index contributed by atoms with van der Waals surface area (Å²) >= 11 is 1.72. The van der Waals surface area contributed by atoms with Crippen molar-refractivity contribution in [1.82, 2.24) is 29.1 Å². The van der Waals surface area contributed by atoms with E-state index in [1.54, 1.807) is 11.3 Å². The molecule has 0 amide bonds. The molecule has 0 unspecified atom stereocenters. The number of para-hydroxylation sites is 3. The van der Waals surface area contributed by atoms with Crippen molar-refractivity contribution in [2.24, 2.45) is 0 Å². The third kappa shape index (κ3) is 9.38. The predicted molar refractivity (Wildman–Crippen MR) is 520 cm³/mol. The van der Waals surface area contributed by atoms with Crippen LogP contribution < -0.4 is 0 Å². The van der Waals surface area contributed by atoms with Gasteiger partial charge in [-0.25, -0.2) is 19.9 Å². The molecular weight excluding hydrogens is 1550 g/mol. The number of nitrogens with zero attached hydrogens (tertiary/aromatic N) is 6. The summed E-state index contributed by atoms with van der Waals surface area (Å²) in [6, 6.07) is 151. The second kappa shape index (κ2) is 26.1. The average Bonchev–Trinajstić information content (AvgIpc) is 1.51. The summed E-state index contributed by atoms with van der Waals surface area (Å²) < 4.78 is 12.5. The molecule has 0 N–H and O–H groups in total. The van der Waals surface area contributed by atoms with E-state index in [-0.39, 0.29) is 0 Å². The highest BCUT2D eigenvalue weighted by Gasteiger charge is 2.54. The summed E-state index contributed by atoms with van der Waals surface area (Å²) in [5, 5.41) is 14.3. The fourth-order valence-corrected chi connectivity index (χ4v) is 23.8. The molecule has 8 heteroatoms. The van der Waals surface area contributed by atoms with Crippen LogP contribution in [0.15, 0.2) is 417 Å². The van der Waals surface area contributed by atoms with Crippen molar-refractivity contribution in [1.29, 1.82) is 0 Å². The number of furan rings is 1. The minimum atomic E-state index is -0.471. The molecule has 0 saturated heterocycles. The summed E-state index contributed by atoms with van der Waals surface area (Å²) in [5.41, 5.74) is 37.1. The van der Waals surface area contributed by atoms with Crippen molar-refractivity contribution in [2.45, 2.75) is 10.8 Å². The Hall–Kier alpha value is -16.3. The molecule has 0 aliphatic heterocycles. The zero-order valence-corrected chi connectivity index (χ0v) is 68.6. The van der Waals surface area contributed by atoms with Gasteiger partial charge in [-0.15, -0.1) is 11.3 Å². The molecule has 6 aromatic heterocycles. The molecule has 582 valence electrons. The average molecular weight is 1620 g/mol. The molecule has 0 atom stereocenters. The first-order chi connectivity index (χ1) is 62.5. The molecule has 6 heterocycles. The first-order valence-electron chi connectivity index (χ1n) is 43.2. The summed E-state index contributed by atoms with van der Waals surface area (Å²) in [4.78, 5) is 23.4. The SMILES string of the molecule is c1ccc2c(c1)-c1ccccc1C21c2ccccc2-c2c(-c3nc4oc5ccccc5c4nc3-c3ccc(-n4c5ccccc5c5cc6ccccc6cc54)cc3)cccc21.c1ccc2c(c1)-c1ccccc1C21c2ccccc2-c2c(-c3nc4sc5ccccc5c4nc3-c3cccc4c(-n5c6ccccc6c6cc7ccccc7cc65)cccc34)cccc21. The van der Waals surface area contributed by atoms with Crippen LogP contribution in [0.1, 0.15) is 44.5 Å². The van der Waals surface area contributed by atoms with Gasteiger partial charge in [-0.05, 0) is 189 Å². The maximum Gasteiger partial charge on any atom is 0.246 e. The van der Waals surface area contributed by atoms with E-state index in [0.717, 1.165) is 99.4 Å². The van der Waals surface area contributed by atoms with E-state index in [2.05, 4.69) is 403 Å². The van der Waals surface area contributed by atoms with Crippen molar-refractivity contribution >= 4 is 130 Å². The zero-order valence-electron chi connectivity index (χ0n) is 67.8. The van der Waals surface area contributed by atoms with E-state index in [1.807, 2.05) is 18.2 Å². The lowest BCUT2D eigenvalue weighted by Crippen LogP contribution is -2.25. The molecule has 19 aromatic carbocycles. The van der Waals surface area contributed by atoms with Crippen molar-refractivity contribution in [3.63, 3.8) is 0 Å². The smallest absolute Gasteiger partial charge is 0.246 e. The van der Waals surface area contributed by atoms with E-state index >= 15 is 0 Å². The van der Waals surface area contributed by atoms with E-state index in [0.29, 0.717) is 5.71 Å². The van der Waals surface area contributed by atoms with Gasteiger partial charge in [0, 0.05) is 70.3 Å². The molecule has 4 aliphatic carbocycles. The van der Waals surface area contributed by atoms with E-state index in [1.165, 1.54) is 159 Å². The number of hydrogen-bond donors (Lipinski definition) is 0. The molecule has 7 nitrogen and oxygen atoms in total. The molecule has 4 aliphatic rings. The Kier molecular flexibility index (Phi) is 14.4. The van der Waals surface area contributed by atoms with Crippen LogP contribution in [0, 0.1) is 0 Å². The number of rotatable bonds is 6. The highest BCUT2D eigenvalue weighted by Crippen LogP contribution is 2.67. The Morgan fingerprint density at radius 2 is 0.627 bits per heavy atom. The van der Waals surface area contributed by atoms with Gasteiger partial charge >= 0.3 is 0 Å². The highest BCUT2D eigenvalue weighted by atomic mass is 32.1. The maximum atomic E-state index is 6.48. The Labute approximate surface area is 727 Å². The number of aromatic nitrogens is 6. The van der Waals surface area contributed by atoms with Crippen molar-refractivity contribution in [3.05, 3.63) is 457 Å². The minimum Gasteiger partial charge on any atom is -0.436 e. The van der Waals surface area contributed by atoms with Crippen molar-refractivity contribution in [3.8, 4) is 101 Å². The van der Waals surface area contributed by atoms with Crippen LogP contribution in [0.2, 0.25) is 0 Å². The van der Waals surface area contributed by atoms with Gasteiger partial charge in [0.15, 0.2) is 0 Å². The number of hydrogen-bond acceptors (Lipinski definition) is 6. The van der Waals surface area contributed by atoms with Crippen LogP contribution in [0.3, 0.4) is 0 Å². The highest BCUT2D eigenvalue weighted by molar-refractivity contribution is 7.25. The molecule has 0 fully saturated rings. The van der Waals surface area contributed by atoms with Crippen LogP contribution in [0.4, 0.5) is 0 Å². The quantitative estimate of drug-likeness (QED) is 0.166. The van der Waals surface area contributed by atoms with Crippen molar-refractivity contribution < 1.29 is 4.42 Å². The molecule has 25 aromatic rings. The standard InChI is InChI=1S/C61H35N3S.C57H33N3O/c1-2-17-37-35-54-47(34-36(37)16-1)42-20-6-11-31-52(42)64(54)53-32-15-23-38-41(53)24-13-25-43(38)57-58(63-60-59(62-57)45-22-7-12-33-55(45)65-60)46-26-14-30-51-56(46)44-21-5-10-29-50(44)61(51)48-27-8-3-18-39(48)40-19-4-9-28-49(40)61;1-2-15-36-33-50-44(32-35(36)14-1)40-18-6-11-26-49(40)60(50)37-30-28-34(29-31-37)53-54(59-56-55(58-53)42-20-7-12-27-51(42)61-56)43-21-13-25-48-52(43)41-19-5-10-24-47(41)57(48)45-22-8-3-16-38(45)39-17-4-9-23-46(39)57/h1-35H;1-33H. The third-order valence-electron chi connectivity index (χ3n) is 27.9. The van der Waals surface area contributed by atoms with Crippen molar-refractivity contribution in [2.75, 3.05) is 0 Å². The van der Waals surface area contributed by atoms with E-state index < -0.39 is 10.8 Å². The fourth-order valence-electron chi connectivity index (χ4n) is 22.8. The first-order valence-corrected chi connectivity index (χ1v) is 44.0. The van der Waals surface area contributed by atoms with Crippen LogP contribution in [-0.4, -0.2) is 29.1 Å². The van der Waals surface area contributed by atoms with E-state index in [4.69, 9.17) is 24.4 Å². The Morgan fingerprint density at radius 3 is 1.20 bits per heavy atom.